The molecule has 0 aromatic rings. The quantitative estimate of drug-likeness (QED) is 0.0287. The number of alkyl carbamates (subject to hydrolysis) is 1. The van der Waals surface area contributed by atoms with Crippen LogP contribution in [0.25, 0.3) is 0 Å². The fourth-order valence-electron chi connectivity index (χ4n) is 12.8. The van der Waals surface area contributed by atoms with Crippen LogP contribution < -0.4 is 5.32 Å². The smallest absolute Gasteiger partial charge is 0.407 e. The minimum absolute atomic E-state index is 0.0596. The molecule has 0 radical (unpaired) electrons. The molecule has 1 unspecified atom stereocenters. The molecule has 0 aromatic heterocycles. The molecule has 93 heavy (non-hydrogen) atoms. The van der Waals surface area contributed by atoms with Gasteiger partial charge in [-0.25, -0.2) is 9.59 Å². The SMILES string of the molecule is CCOCCOCCOCCOCCOCCOCCOCCNC(=O)O[C@@H]1CC[C@@H](C[C@@H](C)[C@@H]2C[C@@H](OC)C(C)/C=C(\C)[C@@H](OC)[C@@H](OC)C(=O)[C@H](C)C[C@H](C)/C=C/C=C/C=C(\C)[C@@H](OC)C[C@@H]3CC[C@@H](C)[C@@](O)(O3)C(=O)C(=O)N3CCCC[C@H]3C(=O)O2)C[C@H]1OC. The number of Topliss-reactive ketones (excluding diaryl/α,β-unsaturated/α-hetero) is 2. The van der Waals surface area contributed by atoms with Gasteiger partial charge in [0, 0.05) is 85.8 Å². The van der Waals surface area contributed by atoms with Crippen molar-refractivity contribution in [2.24, 2.45) is 35.5 Å². The van der Waals surface area contributed by atoms with Gasteiger partial charge in [-0.1, -0.05) is 71.1 Å². The number of piperidine rings is 1. The molecule has 0 spiro atoms. The number of hydrogen-bond donors (Lipinski definition) is 2. The Hall–Kier alpha value is -4.05. The monoisotopic (exact) mass is 1320 g/mol. The molecule has 2 amide bonds. The van der Waals surface area contributed by atoms with Crippen LogP contribution in [0.5, 0.6) is 0 Å². The number of hydrogen-bond acceptors (Lipinski definition) is 21. The maximum atomic E-state index is 14.9. The number of ether oxygens (including phenoxy) is 15. The van der Waals surface area contributed by atoms with Crippen LogP contribution in [0.15, 0.2) is 47.6 Å². The second-order valence-corrected chi connectivity index (χ2v) is 25.4. The molecule has 4 aliphatic rings. The highest BCUT2D eigenvalue weighted by atomic mass is 16.6. The first-order valence-electron chi connectivity index (χ1n) is 34.1. The van der Waals surface area contributed by atoms with Crippen molar-refractivity contribution in [1.29, 1.82) is 0 Å². The number of rotatable bonds is 31. The normalized spacial score (nSPS) is 32.5. The zero-order valence-corrected chi connectivity index (χ0v) is 58.5. The van der Waals surface area contributed by atoms with Crippen molar-refractivity contribution in [2.75, 3.05) is 141 Å². The van der Waals surface area contributed by atoms with Crippen LogP contribution in [0.4, 0.5) is 4.79 Å². The number of carbonyl (C=O) groups is 5. The Morgan fingerprint density at radius 1 is 0.656 bits per heavy atom. The Morgan fingerprint density at radius 3 is 1.84 bits per heavy atom. The molecule has 0 aromatic carbocycles. The number of nitrogens with zero attached hydrogens (tertiary/aromatic N) is 1. The lowest BCUT2D eigenvalue weighted by Gasteiger charge is -2.43. The van der Waals surface area contributed by atoms with Gasteiger partial charge in [-0.05, 0) is 114 Å². The lowest BCUT2D eigenvalue weighted by atomic mass is 9.78. The number of amides is 2. The van der Waals surface area contributed by atoms with Crippen molar-refractivity contribution >= 4 is 29.5 Å². The van der Waals surface area contributed by atoms with Gasteiger partial charge in [0.1, 0.15) is 30.5 Å². The van der Waals surface area contributed by atoms with Crippen LogP contribution in [0.3, 0.4) is 0 Å². The first kappa shape index (κ1) is 81.4. The Labute approximate surface area is 555 Å². The minimum atomic E-state index is -2.44. The van der Waals surface area contributed by atoms with Crippen LogP contribution in [0, 0.1) is 35.5 Å². The number of ketones is 2. The Bertz CT molecular complexity index is 2280. The fraction of sp³-hybridized carbons (Fsp3) is 0.814. The van der Waals surface area contributed by atoms with Crippen LogP contribution in [-0.2, 0) is 90.2 Å². The maximum absolute atomic E-state index is 14.9. The molecule has 1 saturated carbocycles. The maximum Gasteiger partial charge on any atom is 0.407 e. The number of esters is 1. The van der Waals surface area contributed by atoms with Gasteiger partial charge in [-0.15, -0.1) is 0 Å². The summed E-state index contributed by atoms with van der Waals surface area (Å²) in [5.74, 6) is -6.76. The highest BCUT2D eigenvalue weighted by Crippen LogP contribution is 2.39. The average molecular weight is 1320 g/mol. The van der Waals surface area contributed by atoms with Crippen LogP contribution >= 0.6 is 0 Å². The molecular formula is C70H118N2O21. The zero-order chi connectivity index (χ0) is 68.1. The first-order chi connectivity index (χ1) is 44.8. The van der Waals surface area contributed by atoms with Crippen LogP contribution in [0.1, 0.15) is 132 Å². The van der Waals surface area contributed by atoms with E-state index in [1.165, 1.54) is 12.0 Å². The number of carbonyl (C=O) groups excluding carboxylic acids is 5. The van der Waals surface area contributed by atoms with E-state index in [4.69, 9.17) is 71.1 Å². The van der Waals surface area contributed by atoms with E-state index in [-0.39, 0.29) is 67.9 Å². The summed E-state index contributed by atoms with van der Waals surface area (Å²) in [6.07, 6.45) is 12.3. The topological polar surface area (TPSA) is 259 Å². The molecule has 534 valence electrons. The Balaban J connectivity index is 1.42. The summed E-state index contributed by atoms with van der Waals surface area (Å²) in [5, 5.41) is 14.9. The Morgan fingerprint density at radius 2 is 1.26 bits per heavy atom. The molecule has 2 bridgehead atoms. The molecular weight excluding hydrogens is 1200 g/mol. The summed E-state index contributed by atoms with van der Waals surface area (Å²) >= 11 is 0. The second-order valence-electron chi connectivity index (χ2n) is 25.4. The van der Waals surface area contributed by atoms with Crippen molar-refractivity contribution in [1.82, 2.24) is 10.2 Å². The number of nitrogens with one attached hydrogen (secondary N) is 1. The highest BCUT2D eigenvalue weighted by molar-refractivity contribution is 6.39. The number of methoxy groups -OCH3 is 5. The van der Waals surface area contributed by atoms with E-state index in [2.05, 4.69) is 18.3 Å². The van der Waals surface area contributed by atoms with Crippen LogP contribution in [-0.4, -0.2) is 241 Å². The lowest BCUT2D eigenvalue weighted by Crippen LogP contribution is -2.61. The van der Waals surface area contributed by atoms with Gasteiger partial charge in [0.05, 0.1) is 110 Å². The largest absolute Gasteiger partial charge is 0.460 e. The summed E-state index contributed by atoms with van der Waals surface area (Å²) < 4.78 is 87.3. The molecule has 3 aliphatic heterocycles. The Kier molecular flexibility index (Phi) is 39.8. The van der Waals surface area contributed by atoms with Gasteiger partial charge in [0.25, 0.3) is 11.7 Å². The molecule has 3 fully saturated rings. The summed E-state index contributed by atoms with van der Waals surface area (Å²) in [7, 11) is 7.88. The van der Waals surface area contributed by atoms with E-state index in [1.54, 1.807) is 35.4 Å². The fourth-order valence-corrected chi connectivity index (χ4v) is 12.8. The van der Waals surface area contributed by atoms with Crippen molar-refractivity contribution < 1.29 is 100 Å². The summed E-state index contributed by atoms with van der Waals surface area (Å²) in [4.78, 5) is 72.5. The predicted molar refractivity (Wildman–Crippen MR) is 349 cm³/mol. The van der Waals surface area contributed by atoms with Gasteiger partial charge in [-0.3, -0.25) is 14.4 Å². The minimum Gasteiger partial charge on any atom is -0.460 e. The van der Waals surface area contributed by atoms with Gasteiger partial charge in [0.2, 0.25) is 5.79 Å². The number of allylic oxidation sites excluding steroid dienone is 5. The van der Waals surface area contributed by atoms with Crippen molar-refractivity contribution in [3.63, 3.8) is 0 Å². The summed E-state index contributed by atoms with van der Waals surface area (Å²) in [5.41, 5.74) is 1.66. The summed E-state index contributed by atoms with van der Waals surface area (Å²) in [6.45, 7) is 22.3. The van der Waals surface area contributed by atoms with E-state index in [1.807, 2.05) is 71.9 Å². The third-order valence-electron chi connectivity index (χ3n) is 18.3. The molecule has 2 N–H and O–H groups in total. The molecule has 23 nitrogen and oxygen atoms in total. The van der Waals surface area contributed by atoms with Gasteiger partial charge < -0.3 is 86.4 Å². The van der Waals surface area contributed by atoms with Gasteiger partial charge in [-0.2, -0.15) is 0 Å². The standard InChI is InChI=1S/C70H118N2O21/c1-14-84-30-31-86-34-35-88-38-39-90-41-40-89-37-36-87-33-32-85-29-27-71-69(77)92-58-26-24-55(45-62(58)81-11)44-51(5)61-47-60(80-10)50(4)43-53(7)64(82-12)65(83-13)63(73)52(6)42-48(2)20-16-15-17-21-49(3)59(79-9)46-56-25-23-54(8)70(78,93-56)66(74)67(75)72-28-19-18-22-57(72)68(76)91-61/h15-17,20-21,43,48,50-52,54-62,64-65,78H,14,18-19,22-42,44-47H2,1-13H3,(H,71,77)/b17-15+,20-16+,49-21+,53-43+/t48-,50?,51-,52-,54-,55+,56+,57+,58-,59+,60-,61+,62-,64-,65+,70-/m1/s1. The van der Waals surface area contributed by atoms with Crippen molar-refractivity contribution in [2.45, 2.75) is 193 Å². The second kappa shape index (κ2) is 45.5. The lowest BCUT2D eigenvalue weighted by molar-refractivity contribution is -0.265. The highest BCUT2D eigenvalue weighted by Gasteiger charge is 2.53. The predicted octanol–water partition coefficient (Wildman–Crippen LogP) is 8.15. The number of aliphatic hydroxyl groups is 1. The van der Waals surface area contributed by atoms with Gasteiger partial charge in [0.15, 0.2) is 5.78 Å². The summed E-state index contributed by atoms with van der Waals surface area (Å²) in [6, 6.07) is -1.11. The van der Waals surface area contributed by atoms with E-state index in [9.17, 15) is 29.1 Å². The van der Waals surface area contributed by atoms with Crippen molar-refractivity contribution in [3.05, 3.63) is 47.6 Å². The third kappa shape index (κ3) is 28.1. The van der Waals surface area contributed by atoms with E-state index >= 15 is 0 Å². The van der Waals surface area contributed by atoms with E-state index in [0.717, 1.165) is 11.1 Å². The third-order valence-corrected chi connectivity index (χ3v) is 18.3. The van der Waals surface area contributed by atoms with Crippen molar-refractivity contribution in [3.8, 4) is 0 Å². The average Bonchev–Trinajstić information content (AvgIpc) is 0.890. The first-order valence-corrected chi connectivity index (χ1v) is 34.1. The molecule has 16 atom stereocenters. The van der Waals surface area contributed by atoms with Gasteiger partial charge >= 0.3 is 12.1 Å². The molecule has 4 rings (SSSR count). The van der Waals surface area contributed by atoms with E-state index in [0.29, 0.717) is 150 Å². The molecule has 23 heteroatoms. The molecule has 2 saturated heterocycles. The molecule has 3 heterocycles. The van der Waals surface area contributed by atoms with Crippen LogP contribution in [0.2, 0.25) is 0 Å². The number of cyclic esters (lactones) is 1. The molecule has 1 aliphatic carbocycles. The number of fused-ring (bicyclic) bond motifs is 3. The zero-order valence-electron chi connectivity index (χ0n) is 58.5. The van der Waals surface area contributed by atoms with E-state index < -0.39 is 90.3 Å².